The maximum absolute atomic E-state index is 12.2. The molecule has 3 N–H and O–H groups in total. The molecule has 0 heterocycles. The van der Waals surface area contributed by atoms with Crippen LogP contribution in [0.4, 0.5) is 119 Å². The van der Waals surface area contributed by atoms with Crippen LogP contribution < -0.4 is 0 Å². The molecule has 0 spiro atoms. The molecule has 0 aromatic rings. The zero-order chi connectivity index (χ0) is 43.5. The van der Waals surface area contributed by atoms with E-state index in [4.69, 9.17) is 13.7 Å². The summed E-state index contributed by atoms with van der Waals surface area (Å²) < 4.78 is 402. The molecule has 0 aromatic carbocycles. The average molecular weight is 945 g/mol. The molecule has 0 aliphatic carbocycles. The molecule has 0 rings (SSSR count). The zero-order valence-corrected chi connectivity index (χ0v) is 26.1. The molecule has 0 saturated heterocycles. The maximum atomic E-state index is 12.2. The van der Waals surface area contributed by atoms with Gasteiger partial charge >= 0.3 is 100 Å². The topological polar surface area (TPSA) is 163 Å². The Balaban J connectivity index is -0.000000329. The predicted octanol–water partition coefficient (Wildman–Crippen LogP) is 6.90. The second kappa shape index (κ2) is 15.0. The van der Waals surface area contributed by atoms with Crippen LogP contribution in [0.2, 0.25) is 0 Å². The van der Waals surface area contributed by atoms with Gasteiger partial charge in [0.15, 0.2) is 0 Å². The van der Waals surface area contributed by atoms with Gasteiger partial charge in [-0.3, -0.25) is 13.7 Å². The Bertz CT molecular complexity index is 1370. The molecule has 0 fully saturated rings. The first kappa shape index (κ1) is 57.4. The SMILES string of the molecule is O=S(=O)(O)C(F)(F)C(F)(F)C(F)(F)C(F)(F)F.O=S(=O)(O)C(F)(F)C(F)(F)C(F)(F)C(F)(F)F.O=S(=O)(O)C(F)(F)C(F)(F)C(F)(F)C(F)(F)F.[Sc]. The van der Waals surface area contributed by atoms with Gasteiger partial charge in [0.25, 0.3) is 0 Å². The van der Waals surface area contributed by atoms with E-state index in [0.29, 0.717) is 0 Å². The molecule has 0 aromatic heterocycles. The van der Waals surface area contributed by atoms with Gasteiger partial charge in [-0.15, -0.1) is 0 Å². The number of hydrogen-bond acceptors (Lipinski definition) is 6. The first-order valence-electron chi connectivity index (χ1n) is 9.51. The quantitative estimate of drug-likeness (QED) is 0.165. The van der Waals surface area contributed by atoms with Crippen molar-refractivity contribution >= 4 is 30.4 Å². The smallest absolute Gasteiger partial charge is 0.281 e. The van der Waals surface area contributed by atoms with E-state index in [1.807, 2.05) is 0 Å². The van der Waals surface area contributed by atoms with Gasteiger partial charge in [0.05, 0.1) is 0 Å². The number of rotatable bonds is 9. The van der Waals surface area contributed by atoms with E-state index in [1.165, 1.54) is 0 Å². The summed E-state index contributed by atoms with van der Waals surface area (Å²) in [6.45, 7) is 0. The Kier molecular flexibility index (Phi) is 16.6. The fourth-order valence-corrected chi connectivity index (χ4v) is 2.92. The van der Waals surface area contributed by atoms with Crippen molar-refractivity contribution in [3.8, 4) is 0 Å². The van der Waals surface area contributed by atoms with Gasteiger partial charge in [0, 0.05) is 25.8 Å². The van der Waals surface area contributed by atoms with E-state index in [2.05, 4.69) is 0 Å². The third kappa shape index (κ3) is 9.74. The summed E-state index contributed by atoms with van der Waals surface area (Å²) in [6.07, 6.45) is -21.4. The molecular weight excluding hydrogens is 942 g/mol. The van der Waals surface area contributed by atoms with Crippen LogP contribution >= 0.6 is 0 Å². The largest absolute Gasteiger partial charge is 0.460 e. The van der Waals surface area contributed by atoms with Gasteiger partial charge in [-0.2, -0.15) is 144 Å². The van der Waals surface area contributed by atoms with Crippen LogP contribution in [0.3, 0.4) is 0 Å². The molecular formula is C12H3F27O9S3Sc. The van der Waals surface area contributed by atoms with Crippen molar-refractivity contribution in [2.45, 2.75) is 69.8 Å². The molecule has 315 valence electrons. The third-order valence-electron chi connectivity index (χ3n) is 4.32. The zero-order valence-electron chi connectivity index (χ0n) is 21.8. The summed E-state index contributed by atoms with van der Waals surface area (Å²) in [7, 11) is -21.5. The minimum Gasteiger partial charge on any atom is -0.281 e. The summed E-state index contributed by atoms with van der Waals surface area (Å²) in [4.78, 5) is 0. The molecule has 0 aliphatic heterocycles. The molecule has 0 saturated carbocycles. The van der Waals surface area contributed by atoms with E-state index in [9.17, 15) is 144 Å². The number of alkyl halides is 27. The Morgan fingerprint density at radius 1 is 0.250 bits per heavy atom. The maximum Gasteiger partial charge on any atom is 0.460 e. The predicted molar refractivity (Wildman–Crippen MR) is 97.3 cm³/mol. The van der Waals surface area contributed by atoms with Gasteiger partial charge in [-0.25, -0.2) is 0 Å². The van der Waals surface area contributed by atoms with Crippen molar-refractivity contribution in [2.75, 3.05) is 0 Å². The van der Waals surface area contributed by atoms with E-state index in [-0.39, 0.29) is 25.8 Å². The Labute approximate surface area is 283 Å². The van der Waals surface area contributed by atoms with Crippen LogP contribution in [0.1, 0.15) is 0 Å². The van der Waals surface area contributed by atoms with E-state index in [1.54, 1.807) is 0 Å². The molecule has 0 amide bonds. The van der Waals surface area contributed by atoms with Gasteiger partial charge in [0.2, 0.25) is 0 Å². The van der Waals surface area contributed by atoms with Gasteiger partial charge in [-0.1, -0.05) is 0 Å². The number of hydrogen-bond donors (Lipinski definition) is 3. The van der Waals surface area contributed by atoms with Gasteiger partial charge in [0.1, 0.15) is 0 Å². The van der Waals surface area contributed by atoms with E-state index >= 15 is 0 Å². The van der Waals surface area contributed by atoms with Crippen LogP contribution in [0, 0.1) is 0 Å². The molecule has 9 nitrogen and oxygen atoms in total. The minimum absolute atomic E-state index is 0. The van der Waals surface area contributed by atoms with Crippen LogP contribution in [-0.4, -0.2) is 109 Å². The van der Waals surface area contributed by atoms with Crippen molar-refractivity contribution in [3.63, 3.8) is 0 Å². The van der Waals surface area contributed by atoms with Crippen LogP contribution in [-0.2, 0) is 56.2 Å². The monoisotopic (exact) mass is 945 g/mol. The first-order valence-corrected chi connectivity index (χ1v) is 13.8. The van der Waals surface area contributed by atoms with Crippen LogP contribution in [0.15, 0.2) is 0 Å². The van der Waals surface area contributed by atoms with Crippen molar-refractivity contribution in [2.24, 2.45) is 0 Å². The van der Waals surface area contributed by atoms with Crippen LogP contribution in [0.5, 0.6) is 0 Å². The molecule has 40 heteroatoms. The Morgan fingerprint density at radius 3 is 0.404 bits per heavy atom. The molecule has 1 radical (unpaired) electrons. The fraction of sp³-hybridized carbons (Fsp3) is 1.00. The van der Waals surface area contributed by atoms with Crippen LogP contribution in [0.25, 0.3) is 0 Å². The van der Waals surface area contributed by atoms with Crippen molar-refractivity contribution in [1.29, 1.82) is 0 Å². The molecule has 0 atom stereocenters. The molecule has 0 unspecified atom stereocenters. The Hall–Kier alpha value is -1.29. The summed E-state index contributed by atoms with van der Waals surface area (Å²) >= 11 is 0. The second-order valence-corrected chi connectivity index (χ2v) is 12.3. The fourth-order valence-electron chi connectivity index (χ4n) is 1.57. The van der Waals surface area contributed by atoms with Crippen molar-refractivity contribution in [3.05, 3.63) is 0 Å². The van der Waals surface area contributed by atoms with Gasteiger partial charge < -0.3 is 0 Å². The van der Waals surface area contributed by atoms with Crippen molar-refractivity contribution in [1.82, 2.24) is 0 Å². The minimum atomic E-state index is -7.37. The van der Waals surface area contributed by atoms with Crippen molar-refractivity contribution < 1.29 is 183 Å². The summed E-state index contributed by atoms with van der Waals surface area (Å²) in [6, 6.07) is 0. The van der Waals surface area contributed by atoms with E-state index < -0.39 is 100 Å². The normalized spacial score (nSPS) is 15.8. The number of halogens is 27. The Morgan fingerprint density at radius 2 is 0.346 bits per heavy atom. The molecule has 0 aliphatic rings. The summed E-state index contributed by atoms with van der Waals surface area (Å²) in [5.74, 6) is -44.2. The molecule has 52 heavy (non-hydrogen) atoms. The summed E-state index contributed by atoms with van der Waals surface area (Å²) in [5, 5.41) is -21.0. The average Bonchev–Trinajstić information content (AvgIpc) is 2.79. The second-order valence-electron chi connectivity index (χ2n) is 7.92. The van der Waals surface area contributed by atoms with E-state index in [0.717, 1.165) is 0 Å². The summed E-state index contributed by atoms with van der Waals surface area (Å²) in [5.41, 5.74) is 0. The van der Waals surface area contributed by atoms with Gasteiger partial charge in [-0.05, 0) is 0 Å². The third-order valence-corrected chi connectivity index (χ3v) is 7.03. The first-order chi connectivity index (χ1) is 21.0. The molecule has 0 bridgehead atoms. The standard InChI is InChI=1S/3C4HF9O3S.Sc/c3*5-1(6,3(9,10)11)2(7,8)4(12,13)17(14,15)16;/h3*(H,14,15,16);.